The fraction of sp³-hybridized carbons (Fsp3) is 0.632. The molecule has 1 aromatic rings. The highest BCUT2D eigenvalue weighted by molar-refractivity contribution is 5.67. The van der Waals surface area contributed by atoms with Gasteiger partial charge in [-0.1, -0.05) is 43.2 Å². The number of nitrogens with zero attached hydrogens (tertiary/aromatic N) is 1. The largest absolute Gasteiger partial charge is 0.445 e. The molecule has 1 fully saturated rings. The summed E-state index contributed by atoms with van der Waals surface area (Å²) in [4.78, 5) is 14.6. The zero-order chi connectivity index (χ0) is 17.4. The van der Waals surface area contributed by atoms with Crippen LogP contribution in [0, 0.1) is 0 Å². The predicted molar refractivity (Wildman–Crippen MR) is 96.7 cm³/mol. The summed E-state index contributed by atoms with van der Waals surface area (Å²) in [5, 5.41) is 3.09. The van der Waals surface area contributed by atoms with Crippen LogP contribution >= 0.6 is 0 Å². The lowest BCUT2D eigenvalue weighted by molar-refractivity contribution is 0.0832. The smallest absolute Gasteiger partial charge is 0.407 e. The summed E-state index contributed by atoms with van der Waals surface area (Å²) in [6.07, 6.45) is 4.12. The Labute approximate surface area is 145 Å². The molecule has 1 aliphatic carbocycles. The molecule has 1 aromatic carbocycles. The molecule has 0 radical (unpaired) electrons. The van der Waals surface area contributed by atoms with E-state index in [0.717, 1.165) is 31.4 Å². The number of hydrogen-bond donors (Lipinski definition) is 2. The van der Waals surface area contributed by atoms with E-state index in [4.69, 9.17) is 10.5 Å². The number of carbonyl (C=O) groups is 1. The Balaban J connectivity index is 1.90. The van der Waals surface area contributed by atoms with Crippen LogP contribution in [0.15, 0.2) is 30.3 Å². The SMILES string of the molecule is CC(C)N(CCN)[C@H]1CCCC[C@@H]1NC(=O)OCc1ccccc1. The highest BCUT2D eigenvalue weighted by Crippen LogP contribution is 2.25. The molecule has 0 heterocycles. The normalized spacial score (nSPS) is 21.0. The summed E-state index contributed by atoms with van der Waals surface area (Å²) in [5.74, 6) is 0. The van der Waals surface area contributed by atoms with Gasteiger partial charge in [0.1, 0.15) is 6.61 Å². The van der Waals surface area contributed by atoms with Gasteiger partial charge in [0, 0.05) is 31.2 Å². The standard InChI is InChI=1S/C19H31N3O2/c1-15(2)22(13-12-20)18-11-7-6-10-17(18)21-19(23)24-14-16-8-4-3-5-9-16/h3-5,8-9,15,17-18H,6-7,10-14,20H2,1-2H3,(H,21,23)/t17-,18-/m0/s1. The molecular formula is C19H31N3O2. The maximum atomic E-state index is 12.2. The van der Waals surface area contributed by atoms with Crippen molar-refractivity contribution in [3.05, 3.63) is 35.9 Å². The zero-order valence-corrected chi connectivity index (χ0v) is 14.9. The van der Waals surface area contributed by atoms with E-state index in [-0.39, 0.29) is 12.1 Å². The molecule has 0 aromatic heterocycles. The first-order valence-corrected chi connectivity index (χ1v) is 9.05. The number of amides is 1. The van der Waals surface area contributed by atoms with Gasteiger partial charge in [-0.15, -0.1) is 0 Å². The quantitative estimate of drug-likeness (QED) is 0.805. The fourth-order valence-corrected chi connectivity index (χ4v) is 3.55. The Kier molecular flexibility index (Phi) is 7.53. The maximum Gasteiger partial charge on any atom is 0.407 e. The number of nitrogens with two attached hydrogens (primary N) is 1. The van der Waals surface area contributed by atoms with Crippen molar-refractivity contribution in [1.82, 2.24) is 10.2 Å². The molecule has 1 aliphatic rings. The van der Waals surface area contributed by atoms with Crippen molar-refractivity contribution in [1.29, 1.82) is 0 Å². The predicted octanol–water partition coefficient (Wildman–Crippen LogP) is 2.89. The lowest BCUT2D eigenvalue weighted by Gasteiger charge is -2.42. The molecule has 0 spiro atoms. The van der Waals surface area contributed by atoms with Gasteiger partial charge in [-0.05, 0) is 32.3 Å². The van der Waals surface area contributed by atoms with E-state index >= 15 is 0 Å². The summed E-state index contributed by atoms with van der Waals surface area (Å²) in [7, 11) is 0. The topological polar surface area (TPSA) is 67.6 Å². The Bertz CT molecular complexity index is 493. The lowest BCUT2D eigenvalue weighted by atomic mass is 9.88. The number of nitrogens with one attached hydrogen (secondary N) is 1. The molecule has 3 N–H and O–H groups in total. The molecule has 0 aliphatic heterocycles. The number of rotatable bonds is 7. The van der Waals surface area contributed by atoms with E-state index in [0.29, 0.717) is 25.2 Å². The average Bonchev–Trinajstić information content (AvgIpc) is 2.59. The first-order valence-electron chi connectivity index (χ1n) is 9.05. The Morgan fingerprint density at radius 1 is 1.29 bits per heavy atom. The third kappa shape index (κ3) is 5.49. The minimum Gasteiger partial charge on any atom is -0.445 e. The molecule has 24 heavy (non-hydrogen) atoms. The van der Waals surface area contributed by atoms with Gasteiger partial charge in [-0.2, -0.15) is 0 Å². The molecule has 0 unspecified atom stereocenters. The molecule has 5 heteroatoms. The molecular weight excluding hydrogens is 302 g/mol. The third-order valence-electron chi connectivity index (χ3n) is 4.72. The molecule has 0 bridgehead atoms. The van der Waals surface area contributed by atoms with E-state index in [2.05, 4.69) is 24.1 Å². The summed E-state index contributed by atoms with van der Waals surface area (Å²) >= 11 is 0. The van der Waals surface area contributed by atoms with Crippen molar-refractivity contribution < 1.29 is 9.53 Å². The summed E-state index contributed by atoms with van der Waals surface area (Å²) in [6, 6.07) is 10.6. The lowest BCUT2D eigenvalue weighted by Crippen LogP contribution is -2.56. The van der Waals surface area contributed by atoms with Crippen molar-refractivity contribution in [2.45, 2.75) is 64.3 Å². The van der Waals surface area contributed by atoms with Gasteiger partial charge in [0.05, 0.1) is 0 Å². The van der Waals surface area contributed by atoms with Crippen molar-refractivity contribution in [3.8, 4) is 0 Å². The van der Waals surface area contributed by atoms with Gasteiger partial charge in [0.25, 0.3) is 0 Å². The maximum absolute atomic E-state index is 12.2. The fourth-order valence-electron chi connectivity index (χ4n) is 3.55. The van der Waals surface area contributed by atoms with Crippen LogP contribution in [0.3, 0.4) is 0 Å². The number of carbonyl (C=O) groups excluding carboxylic acids is 1. The molecule has 134 valence electrons. The first-order chi connectivity index (χ1) is 11.6. The Morgan fingerprint density at radius 2 is 2.00 bits per heavy atom. The van der Waals surface area contributed by atoms with Crippen LogP contribution in [0.25, 0.3) is 0 Å². The van der Waals surface area contributed by atoms with Gasteiger partial charge >= 0.3 is 6.09 Å². The van der Waals surface area contributed by atoms with Crippen LogP contribution in [0.5, 0.6) is 0 Å². The van der Waals surface area contributed by atoms with E-state index in [1.807, 2.05) is 30.3 Å². The van der Waals surface area contributed by atoms with Crippen molar-refractivity contribution in [2.75, 3.05) is 13.1 Å². The van der Waals surface area contributed by atoms with Crippen LogP contribution in [0.2, 0.25) is 0 Å². The zero-order valence-electron chi connectivity index (χ0n) is 14.9. The van der Waals surface area contributed by atoms with Crippen molar-refractivity contribution in [3.63, 3.8) is 0 Å². The monoisotopic (exact) mass is 333 g/mol. The van der Waals surface area contributed by atoms with Crippen LogP contribution in [0.4, 0.5) is 4.79 Å². The molecule has 2 atom stereocenters. The second-order valence-electron chi connectivity index (χ2n) is 6.78. The van der Waals surface area contributed by atoms with Gasteiger partial charge in [0.2, 0.25) is 0 Å². The molecule has 2 rings (SSSR count). The highest BCUT2D eigenvalue weighted by Gasteiger charge is 2.32. The summed E-state index contributed by atoms with van der Waals surface area (Å²) in [5.41, 5.74) is 6.78. The summed E-state index contributed by atoms with van der Waals surface area (Å²) in [6.45, 7) is 6.18. The van der Waals surface area contributed by atoms with Crippen molar-refractivity contribution in [2.24, 2.45) is 5.73 Å². The molecule has 0 saturated heterocycles. The van der Waals surface area contributed by atoms with Gasteiger partial charge in [-0.3, -0.25) is 4.90 Å². The van der Waals surface area contributed by atoms with Crippen LogP contribution in [-0.4, -0.2) is 42.2 Å². The van der Waals surface area contributed by atoms with Crippen LogP contribution in [0.1, 0.15) is 45.1 Å². The van der Waals surface area contributed by atoms with E-state index in [9.17, 15) is 4.79 Å². The summed E-state index contributed by atoms with van der Waals surface area (Å²) < 4.78 is 5.39. The van der Waals surface area contributed by atoms with E-state index in [1.54, 1.807) is 0 Å². The number of hydrogen-bond acceptors (Lipinski definition) is 4. The average molecular weight is 333 g/mol. The molecule has 1 saturated carbocycles. The number of benzene rings is 1. The van der Waals surface area contributed by atoms with Crippen molar-refractivity contribution >= 4 is 6.09 Å². The Hall–Kier alpha value is -1.59. The van der Waals surface area contributed by atoms with Gasteiger partial charge in [0.15, 0.2) is 0 Å². The first kappa shape index (κ1) is 18.7. The van der Waals surface area contributed by atoms with Gasteiger partial charge in [-0.25, -0.2) is 4.79 Å². The second-order valence-corrected chi connectivity index (χ2v) is 6.78. The molecule has 1 amide bonds. The van der Waals surface area contributed by atoms with E-state index in [1.165, 1.54) is 6.42 Å². The molecule has 5 nitrogen and oxygen atoms in total. The van der Waals surface area contributed by atoms with Crippen LogP contribution in [-0.2, 0) is 11.3 Å². The number of ether oxygens (including phenoxy) is 1. The van der Waals surface area contributed by atoms with Gasteiger partial charge < -0.3 is 15.8 Å². The minimum atomic E-state index is -0.327. The van der Waals surface area contributed by atoms with Crippen LogP contribution < -0.4 is 11.1 Å². The second kappa shape index (κ2) is 9.64. The van der Waals surface area contributed by atoms with E-state index < -0.39 is 0 Å². The third-order valence-corrected chi connectivity index (χ3v) is 4.72. The highest BCUT2D eigenvalue weighted by atomic mass is 16.5. The minimum absolute atomic E-state index is 0.135. The Morgan fingerprint density at radius 3 is 2.67 bits per heavy atom. The number of alkyl carbamates (subject to hydrolysis) is 1.